The van der Waals surface area contributed by atoms with E-state index in [0.29, 0.717) is 11.3 Å². The minimum absolute atomic E-state index is 0.349. The molecule has 0 saturated carbocycles. The van der Waals surface area contributed by atoms with Crippen LogP contribution >= 0.6 is 0 Å². The van der Waals surface area contributed by atoms with E-state index in [9.17, 15) is 14.4 Å². The fourth-order valence-corrected chi connectivity index (χ4v) is 2.08. The van der Waals surface area contributed by atoms with Crippen LogP contribution in [0.5, 0.6) is 5.75 Å². The fourth-order valence-electron chi connectivity index (χ4n) is 2.08. The van der Waals surface area contributed by atoms with Gasteiger partial charge in [-0.15, -0.1) is 0 Å². The van der Waals surface area contributed by atoms with Crippen LogP contribution in [-0.2, 0) is 19.1 Å². The third-order valence-corrected chi connectivity index (χ3v) is 3.04. The van der Waals surface area contributed by atoms with Crippen molar-refractivity contribution in [3.8, 4) is 5.75 Å². The van der Waals surface area contributed by atoms with E-state index in [1.807, 2.05) is 0 Å². The molecule has 0 saturated heterocycles. The van der Waals surface area contributed by atoms with E-state index in [-0.39, 0.29) is 11.7 Å². The summed E-state index contributed by atoms with van der Waals surface area (Å²) in [7, 11) is 2.71. The number of carbonyl (C=O) groups is 3. The average Bonchev–Trinajstić information content (AvgIpc) is 2.45. The van der Waals surface area contributed by atoms with E-state index in [1.54, 1.807) is 24.3 Å². The zero-order chi connectivity index (χ0) is 16.0. The predicted molar refractivity (Wildman–Crippen MR) is 75.7 cm³/mol. The fraction of sp³-hybridized carbons (Fsp3) is 0.400. The molecule has 0 bridgehead atoms. The van der Waals surface area contributed by atoms with E-state index in [4.69, 9.17) is 4.74 Å². The van der Waals surface area contributed by atoms with Gasteiger partial charge in [0.1, 0.15) is 17.5 Å². The Hall–Kier alpha value is -2.37. The molecule has 0 aromatic heterocycles. The van der Waals surface area contributed by atoms with E-state index in [2.05, 4.69) is 10.1 Å². The summed E-state index contributed by atoms with van der Waals surface area (Å²) in [6.45, 7) is 2.61. The largest absolute Gasteiger partial charge is 0.497 e. The first-order chi connectivity index (χ1) is 9.90. The smallest absolute Gasteiger partial charge is 0.318 e. The van der Waals surface area contributed by atoms with Crippen molar-refractivity contribution >= 4 is 17.7 Å². The highest BCUT2D eigenvalue weighted by atomic mass is 16.5. The number of benzene rings is 1. The Kier molecular flexibility index (Phi) is 5.90. The minimum atomic E-state index is -1.11. The van der Waals surface area contributed by atoms with Crippen LogP contribution in [0.25, 0.3) is 0 Å². The maximum atomic E-state index is 11.9. The molecule has 0 aliphatic carbocycles. The van der Waals surface area contributed by atoms with Gasteiger partial charge in [-0.05, 0) is 24.6 Å². The van der Waals surface area contributed by atoms with Gasteiger partial charge in [0.25, 0.3) is 0 Å². The van der Waals surface area contributed by atoms with Gasteiger partial charge < -0.3 is 14.8 Å². The van der Waals surface area contributed by atoms with Crippen molar-refractivity contribution < 1.29 is 23.9 Å². The van der Waals surface area contributed by atoms with E-state index in [1.165, 1.54) is 28.1 Å². The molecule has 1 aromatic carbocycles. The number of nitrogens with one attached hydrogen (secondary N) is 1. The second-order valence-corrected chi connectivity index (χ2v) is 4.57. The number of rotatable bonds is 6. The lowest BCUT2D eigenvalue weighted by molar-refractivity contribution is -0.150. The molecule has 1 amide bonds. The zero-order valence-corrected chi connectivity index (χ0v) is 12.5. The molecule has 2 atom stereocenters. The topological polar surface area (TPSA) is 81.7 Å². The van der Waals surface area contributed by atoms with E-state index >= 15 is 0 Å². The van der Waals surface area contributed by atoms with Gasteiger partial charge in [0.05, 0.1) is 20.3 Å². The second kappa shape index (κ2) is 7.42. The number of carbonyl (C=O) groups excluding carboxylic acids is 3. The highest BCUT2D eigenvalue weighted by Crippen LogP contribution is 2.27. The summed E-state index contributed by atoms with van der Waals surface area (Å²) in [5.74, 6) is -1.97. The van der Waals surface area contributed by atoms with Crippen molar-refractivity contribution in [2.75, 3.05) is 14.2 Å². The number of hydrogen-bond donors (Lipinski definition) is 1. The number of amides is 1. The molecule has 6 heteroatoms. The third kappa shape index (κ3) is 4.30. The first kappa shape index (κ1) is 16.7. The van der Waals surface area contributed by atoms with Gasteiger partial charge >= 0.3 is 5.97 Å². The summed E-state index contributed by atoms with van der Waals surface area (Å²) in [6, 6.07) is 6.02. The molecule has 6 nitrogen and oxygen atoms in total. The molecule has 1 N–H and O–H groups in total. The number of ketones is 1. The Balaban J connectivity index is 3.28. The van der Waals surface area contributed by atoms with Crippen molar-refractivity contribution in [2.45, 2.75) is 19.9 Å². The lowest BCUT2D eigenvalue weighted by atomic mass is 9.89. The van der Waals surface area contributed by atoms with Gasteiger partial charge in [0, 0.05) is 6.92 Å². The van der Waals surface area contributed by atoms with Crippen molar-refractivity contribution in [2.24, 2.45) is 5.92 Å². The molecule has 114 valence electrons. The Morgan fingerprint density at radius 2 is 1.81 bits per heavy atom. The highest BCUT2D eigenvalue weighted by Gasteiger charge is 2.35. The van der Waals surface area contributed by atoms with Crippen LogP contribution in [0, 0.1) is 5.92 Å². The quantitative estimate of drug-likeness (QED) is 0.630. The van der Waals surface area contributed by atoms with E-state index < -0.39 is 17.9 Å². The van der Waals surface area contributed by atoms with Gasteiger partial charge in [-0.25, -0.2) is 0 Å². The second-order valence-electron chi connectivity index (χ2n) is 4.57. The van der Waals surface area contributed by atoms with Gasteiger partial charge in [0.15, 0.2) is 0 Å². The van der Waals surface area contributed by atoms with Crippen molar-refractivity contribution in [3.05, 3.63) is 29.8 Å². The zero-order valence-electron chi connectivity index (χ0n) is 12.5. The van der Waals surface area contributed by atoms with Gasteiger partial charge in [-0.1, -0.05) is 12.1 Å². The molecule has 1 rings (SSSR count). The Morgan fingerprint density at radius 3 is 2.29 bits per heavy atom. The van der Waals surface area contributed by atoms with Crippen LogP contribution in [0.1, 0.15) is 25.5 Å². The molecular weight excluding hydrogens is 274 g/mol. The number of Topliss-reactive ketones (excluding diaryl/α,β-unsaturated/α-hetero) is 1. The molecule has 0 aliphatic rings. The number of ether oxygens (including phenoxy) is 2. The standard InChI is InChI=1S/C15H19NO5/c1-9(17)13(15(19)21-4)14(16-10(2)18)11-6-5-7-12(8-11)20-3/h5-8,13-14H,1-4H3,(H,16,18)/t13-,14+/m0/s1. The number of hydrogen-bond acceptors (Lipinski definition) is 5. The van der Waals surface area contributed by atoms with Crippen molar-refractivity contribution in [1.82, 2.24) is 5.32 Å². The maximum absolute atomic E-state index is 11.9. The van der Waals surface area contributed by atoms with Crippen molar-refractivity contribution in [3.63, 3.8) is 0 Å². The molecule has 0 aliphatic heterocycles. The van der Waals surface area contributed by atoms with Crippen LogP contribution in [0.15, 0.2) is 24.3 Å². The first-order valence-electron chi connectivity index (χ1n) is 6.40. The van der Waals surface area contributed by atoms with Crippen LogP contribution in [0.4, 0.5) is 0 Å². The van der Waals surface area contributed by atoms with Crippen LogP contribution < -0.4 is 10.1 Å². The average molecular weight is 293 g/mol. The molecule has 21 heavy (non-hydrogen) atoms. The maximum Gasteiger partial charge on any atom is 0.318 e. The monoisotopic (exact) mass is 293 g/mol. The molecule has 0 fully saturated rings. The lowest BCUT2D eigenvalue weighted by Crippen LogP contribution is -2.39. The minimum Gasteiger partial charge on any atom is -0.497 e. The van der Waals surface area contributed by atoms with Gasteiger partial charge in [-0.3, -0.25) is 14.4 Å². The Labute approximate surface area is 123 Å². The Morgan fingerprint density at radius 1 is 1.14 bits per heavy atom. The van der Waals surface area contributed by atoms with Crippen LogP contribution in [0.2, 0.25) is 0 Å². The summed E-state index contributed by atoms with van der Waals surface area (Å²) >= 11 is 0. The molecule has 0 spiro atoms. The van der Waals surface area contributed by atoms with Crippen LogP contribution in [-0.4, -0.2) is 31.9 Å². The van der Waals surface area contributed by atoms with E-state index in [0.717, 1.165) is 0 Å². The Bertz CT molecular complexity index is 541. The normalized spacial score (nSPS) is 13.0. The molecular formula is C15H19NO5. The predicted octanol–water partition coefficient (Wildman–Crippen LogP) is 1.25. The first-order valence-corrected chi connectivity index (χ1v) is 6.40. The molecule has 0 radical (unpaired) electrons. The number of methoxy groups -OCH3 is 2. The molecule has 0 heterocycles. The molecule has 0 unspecified atom stereocenters. The van der Waals surface area contributed by atoms with Gasteiger partial charge in [0.2, 0.25) is 5.91 Å². The number of esters is 1. The lowest BCUT2D eigenvalue weighted by Gasteiger charge is -2.24. The summed E-state index contributed by atoms with van der Waals surface area (Å²) in [5, 5.41) is 2.63. The third-order valence-electron chi connectivity index (χ3n) is 3.04. The summed E-state index contributed by atoms with van der Waals surface area (Å²) < 4.78 is 9.80. The van der Waals surface area contributed by atoms with Crippen molar-refractivity contribution in [1.29, 1.82) is 0 Å². The SMILES string of the molecule is COC(=O)[C@@H](C(C)=O)[C@H](NC(C)=O)c1cccc(OC)c1. The van der Waals surface area contributed by atoms with Gasteiger partial charge in [-0.2, -0.15) is 0 Å². The summed E-state index contributed by atoms with van der Waals surface area (Å²) in [4.78, 5) is 35.1. The molecule has 1 aromatic rings. The van der Waals surface area contributed by atoms with Crippen LogP contribution in [0.3, 0.4) is 0 Å². The summed E-state index contributed by atoms with van der Waals surface area (Å²) in [6.07, 6.45) is 0. The summed E-state index contributed by atoms with van der Waals surface area (Å²) in [5.41, 5.74) is 0.593. The highest BCUT2D eigenvalue weighted by molar-refractivity contribution is 5.99.